The van der Waals surface area contributed by atoms with Gasteiger partial charge in [-0.1, -0.05) is 12.1 Å². The average molecular weight is 249 g/mol. The molecule has 0 N–H and O–H groups in total. The van der Waals surface area contributed by atoms with Gasteiger partial charge in [-0.3, -0.25) is 0 Å². The summed E-state index contributed by atoms with van der Waals surface area (Å²) < 4.78 is 11.2. The maximum absolute atomic E-state index is 9.17. The van der Waals surface area contributed by atoms with E-state index in [0.717, 1.165) is 11.3 Å². The SMILES string of the molecule is CCOc1cccc(C(C#N)O[Si](C)(C)C)c1. The van der Waals surface area contributed by atoms with Crippen molar-refractivity contribution >= 4 is 8.32 Å². The first-order valence-corrected chi connectivity index (χ1v) is 9.17. The molecule has 4 heteroatoms. The van der Waals surface area contributed by atoms with E-state index in [1.165, 1.54) is 0 Å². The Labute approximate surface area is 104 Å². The smallest absolute Gasteiger partial charge is 0.186 e. The number of benzene rings is 1. The van der Waals surface area contributed by atoms with Crippen LogP contribution in [0.1, 0.15) is 18.6 Å². The second-order valence-corrected chi connectivity index (χ2v) is 9.21. The number of rotatable bonds is 5. The predicted molar refractivity (Wildman–Crippen MR) is 70.4 cm³/mol. The Kier molecular flexibility index (Phi) is 4.73. The van der Waals surface area contributed by atoms with Crippen LogP contribution in [0.2, 0.25) is 19.6 Å². The van der Waals surface area contributed by atoms with Gasteiger partial charge in [-0.2, -0.15) is 5.26 Å². The Morgan fingerprint density at radius 1 is 1.35 bits per heavy atom. The third-order valence-electron chi connectivity index (χ3n) is 2.06. The zero-order valence-electron chi connectivity index (χ0n) is 10.9. The van der Waals surface area contributed by atoms with Crippen LogP contribution in [0.4, 0.5) is 0 Å². The van der Waals surface area contributed by atoms with E-state index in [-0.39, 0.29) is 0 Å². The summed E-state index contributed by atoms with van der Waals surface area (Å²) in [5.41, 5.74) is 0.862. The molecule has 0 radical (unpaired) electrons. The highest BCUT2D eigenvalue weighted by molar-refractivity contribution is 6.69. The molecule has 0 saturated carbocycles. The van der Waals surface area contributed by atoms with Gasteiger partial charge in [0, 0.05) is 0 Å². The molecule has 0 saturated heterocycles. The van der Waals surface area contributed by atoms with Crippen LogP contribution in [-0.4, -0.2) is 14.9 Å². The molecule has 1 unspecified atom stereocenters. The minimum atomic E-state index is -1.72. The molecule has 0 aliphatic carbocycles. The summed E-state index contributed by atoms with van der Waals surface area (Å²) in [4.78, 5) is 0. The summed E-state index contributed by atoms with van der Waals surface area (Å²) in [5, 5.41) is 9.17. The summed E-state index contributed by atoms with van der Waals surface area (Å²) in [6, 6.07) is 9.75. The standard InChI is InChI=1S/C13H19NO2Si/c1-5-15-12-8-6-7-11(9-12)13(10-14)16-17(2,3)4/h6-9,13H,5H2,1-4H3. The largest absolute Gasteiger partial charge is 0.494 e. The molecule has 1 aromatic rings. The van der Waals surface area contributed by atoms with E-state index >= 15 is 0 Å². The van der Waals surface area contributed by atoms with Crippen LogP contribution in [0.5, 0.6) is 5.75 Å². The topological polar surface area (TPSA) is 42.2 Å². The molecule has 0 aliphatic rings. The molecule has 1 rings (SSSR count). The maximum Gasteiger partial charge on any atom is 0.186 e. The first-order valence-electron chi connectivity index (χ1n) is 5.76. The van der Waals surface area contributed by atoms with Gasteiger partial charge < -0.3 is 9.16 Å². The number of nitrogens with zero attached hydrogens (tertiary/aromatic N) is 1. The summed E-state index contributed by atoms with van der Waals surface area (Å²) in [6.45, 7) is 8.78. The van der Waals surface area contributed by atoms with E-state index in [2.05, 4.69) is 25.7 Å². The molecular formula is C13H19NO2Si. The normalized spacial score (nSPS) is 12.9. The van der Waals surface area contributed by atoms with Crippen molar-refractivity contribution in [2.45, 2.75) is 32.7 Å². The van der Waals surface area contributed by atoms with Gasteiger partial charge in [-0.15, -0.1) is 0 Å². The van der Waals surface area contributed by atoms with E-state index in [1.807, 2.05) is 31.2 Å². The van der Waals surface area contributed by atoms with Gasteiger partial charge in [0.15, 0.2) is 14.4 Å². The molecule has 0 aliphatic heterocycles. The third kappa shape index (κ3) is 4.59. The summed E-state index contributed by atoms with van der Waals surface area (Å²) >= 11 is 0. The van der Waals surface area contributed by atoms with Crippen LogP contribution < -0.4 is 4.74 Å². The first-order chi connectivity index (χ1) is 7.96. The molecular weight excluding hydrogens is 230 g/mol. The van der Waals surface area contributed by atoms with Crippen LogP contribution in [-0.2, 0) is 4.43 Å². The fourth-order valence-corrected chi connectivity index (χ4v) is 2.35. The number of ether oxygens (including phenoxy) is 1. The van der Waals surface area contributed by atoms with E-state index in [4.69, 9.17) is 14.4 Å². The Morgan fingerprint density at radius 3 is 2.59 bits per heavy atom. The van der Waals surface area contributed by atoms with Crippen molar-refractivity contribution in [2.24, 2.45) is 0 Å². The highest BCUT2D eigenvalue weighted by atomic mass is 28.4. The molecule has 0 amide bonds. The average Bonchev–Trinajstić information content (AvgIpc) is 2.25. The van der Waals surface area contributed by atoms with Crippen molar-refractivity contribution in [3.63, 3.8) is 0 Å². The molecule has 0 spiro atoms. The molecule has 1 aromatic carbocycles. The molecule has 92 valence electrons. The quantitative estimate of drug-likeness (QED) is 0.750. The van der Waals surface area contributed by atoms with Crippen molar-refractivity contribution in [1.29, 1.82) is 5.26 Å². The van der Waals surface area contributed by atoms with Crippen LogP contribution in [0.3, 0.4) is 0 Å². The molecule has 0 fully saturated rings. The highest BCUT2D eigenvalue weighted by Crippen LogP contribution is 2.24. The number of hydrogen-bond acceptors (Lipinski definition) is 3. The summed E-state index contributed by atoms with van der Waals surface area (Å²) in [6.07, 6.45) is -0.498. The second kappa shape index (κ2) is 5.85. The first kappa shape index (κ1) is 13.8. The Hall–Kier alpha value is -1.31. The van der Waals surface area contributed by atoms with Crippen molar-refractivity contribution in [1.82, 2.24) is 0 Å². The van der Waals surface area contributed by atoms with E-state index < -0.39 is 14.4 Å². The van der Waals surface area contributed by atoms with Gasteiger partial charge in [-0.05, 0) is 44.3 Å². The van der Waals surface area contributed by atoms with Gasteiger partial charge >= 0.3 is 0 Å². The molecule has 1 atom stereocenters. The van der Waals surface area contributed by atoms with Gasteiger partial charge in [-0.25, -0.2) is 0 Å². The van der Waals surface area contributed by atoms with E-state index in [9.17, 15) is 0 Å². The second-order valence-electron chi connectivity index (χ2n) is 4.74. The van der Waals surface area contributed by atoms with E-state index in [0.29, 0.717) is 6.61 Å². The lowest BCUT2D eigenvalue weighted by atomic mass is 10.1. The molecule has 3 nitrogen and oxygen atoms in total. The van der Waals surface area contributed by atoms with E-state index in [1.54, 1.807) is 0 Å². The number of hydrogen-bond donors (Lipinski definition) is 0. The monoisotopic (exact) mass is 249 g/mol. The number of nitriles is 1. The molecule has 0 bridgehead atoms. The molecule has 0 aromatic heterocycles. The fraction of sp³-hybridized carbons (Fsp3) is 0.462. The lowest BCUT2D eigenvalue weighted by Crippen LogP contribution is -2.27. The van der Waals surface area contributed by atoms with Gasteiger partial charge in [0.25, 0.3) is 0 Å². The zero-order chi connectivity index (χ0) is 12.9. The van der Waals surface area contributed by atoms with Gasteiger partial charge in [0.2, 0.25) is 0 Å². The maximum atomic E-state index is 9.17. The van der Waals surface area contributed by atoms with Gasteiger partial charge in [0.1, 0.15) is 5.75 Å². The highest BCUT2D eigenvalue weighted by Gasteiger charge is 2.22. The summed E-state index contributed by atoms with van der Waals surface area (Å²) in [5.74, 6) is 0.782. The van der Waals surface area contributed by atoms with Crippen molar-refractivity contribution in [3.8, 4) is 11.8 Å². The Balaban J connectivity index is 2.89. The molecule has 17 heavy (non-hydrogen) atoms. The zero-order valence-corrected chi connectivity index (χ0v) is 11.9. The van der Waals surface area contributed by atoms with Gasteiger partial charge in [0.05, 0.1) is 12.7 Å². The van der Waals surface area contributed by atoms with Crippen LogP contribution >= 0.6 is 0 Å². The molecule has 0 heterocycles. The lowest BCUT2D eigenvalue weighted by molar-refractivity contribution is 0.254. The van der Waals surface area contributed by atoms with Crippen molar-refractivity contribution in [3.05, 3.63) is 29.8 Å². The predicted octanol–water partition coefficient (Wildman–Crippen LogP) is 3.50. The summed E-state index contributed by atoms with van der Waals surface area (Å²) in [7, 11) is -1.72. The lowest BCUT2D eigenvalue weighted by Gasteiger charge is -2.22. The van der Waals surface area contributed by atoms with Crippen LogP contribution in [0, 0.1) is 11.3 Å². The fourth-order valence-electron chi connectivity index (χ4n) is 1.46. The van der Waals surface area contributed by atoms with Crippen LogP contribution in [0.15, 0.2) is 24.3 Å². The minimum absolute atomic E-state index is 0.498. The van der Waals surface area contributed by atoms with Crippen molar-refractivity contribution < 1.29 is 9.16 Å². The minimum Gasteiger partial charge on any atom is -0.494 e. The van der Waals surface area contributed by atoms with Crippen LogP contribution in [0.25, 0.3) is 0 Å². The third-order valence-corrected chi connectivity index (χ3v) is 3.00. The Morgan fingerprint density at radius 2 is 2.06 bits per heavy atom. The van der Waals surface area contributed by atoms with Crippen molar-refractivity contribution in [2.75, 3.05) is 6.61 Å². The Bertz CT molecular complexity index is 407.